The van der Waals surface area contributed by atoms with Gasteiger partial charge in [0.2, 0.25) is 0 Å². The molecule has 18 heavy (non-hydrogen) atoms. The van der Waals surface area contributed by atoms with Crippen LogP contribution in [0.5, 0.6) is 0 Å². The highest BCUT2D eigenvalue weighted by molar-refractivity contribution is 5.24. The van der Waals surface area contributed by atoms with E-state index in [1.807, 2.05) is 6.92 Å². The van der Waals surface area contributed by atoms with E-state index < -0.39 is 5.82 Å². The Morgan fingerprint density at radius 3 is 2.83 bits per heavy atom. The van der Waals surface area contributed by atoms with Gasteiger partial charge in [-0.05, 0) is 44.1 Å². The maximum atomic E-state index is 13.9. The van der Waals surface area contributed by atoms with Gasteiger partial charge in [-0.2, -0.15) is 0 Å². The highest BCUT2D eigenvalue weighted by Crippen LogP contribution is 2.31. The molecule has 0 saturated carbocycles. The number of nitrogens with two attached hydrogens (primary N) is 1. The van der Waals surface area contributed by atoms with Crippen LogP contribution in [0.3, 0.4) is 0 Å². The number of hydrogen-bond acceptors (Lipinski definition) is 2. The maximum absolute atomic E-state index is 13.9. The molecule has 0 aliphatic carbocycles. The van der Waals surface area contributed by atoms with Gasteiger partial charge in [0.1, 0.15) is 11.6 Å². The molecule has 1 aromatic carbocycles. The Hall–Kier alpha value is -1.00. The van der Waals surface area contributed by atoms with Crippen molar-refractivity contribution in [2.75, 3.05) is 13.1 Å². The average molecular weight is 254 g/mol. The third kappa shape index (κ3) is 2.70. The molecule has 0 aromatic heterocycles. The van der Waals surface area contributed by atoms with E-state index in [4.69, 9.17) is 5.73 Å². The molecule has 0 bridgehead atoms. The van der Waals surface area contributed by atoms with Crippen LogP contribution in [-0.2, 0) is 0 Å². The molecule has 2 N–H and O–H groups in total. The van der Waals surface area contributed by atoms with Crippen molar-refractivity contribution in [1.82, 2.24) is 4.90 Å². The van der Waals surface area contributed by atoms with Crippen LogP contribution in [0, 0.1) is 11.6 Å². The lowest BCUT2D eigenvalue weighted by Gasteiger charge is -2.33. The molecule has 100 valence electrons. The van der Waals surface area contributed by atoms with Crippen LogP contribution in [-0.4, -0.2) is 24.0 Å². The zero-order chi connectivity index (χ0) is 13.1. The Morgan fingerprint density at radius 2 is 2.11 bits per heavy atom. The third-order valence-corrected chi connectivity index (χ3v) is 3.71. The van der Waals surface area contributed by atoms with Gasteiger partial charge in [-0.1, -0.05) is 13.3 Å². The van der Waals surface area contributed by atoms with Crippen molar-refractivity contribution in [3.8, 4) is 0 Å². The topological polar surface area (TPSA) is 29.3 Å². The van der Waals surface area contributed by atoms with Gasteiger partial charge in [-0.25, -0.2) is 8.78 Å². The molecule has 2 rings (SSSR count). The lowest BCUT2D eigenvalue weighted by Crippen LogP contribution is -2.40. The van der Waals surface area contributed by atoms with Crippen LogP contribution in [0.2, 0.25) is 0 Å². The second kappa shape index (κ2) is 5.76. The molecule has 0 amide bonds. The van der Waals surface area contributed by atoms with Crippen LogP contribution in [0.4, 0.5) is 8.78 Å². The molecule has 1 aliphatic rings. The molecule has 4 heteroatoms. The number of hydrogen-bond donors (Lipinski definition) is 1. The minimum absolute atomic E-state index is 0.135. The third-order valence-electron chi connectivity index (χ3n) is 3.71. The standard InChI is InChI=1S/C14H20F2N2/c1-2-18-8-4-3-5-13(17)14(18)11-9-10(15)6-7-12(11)16/h6-7,9,13-14H,2-5,8,17H2,1H3. The highest BCUT2D eigenvalue weighted by atomic mass is 19.1. The van der Waals surface area contributed by atoms with Gasteiger partial charge >= 0.3 is 0 Å². The number of likely N-dealkylation sites (N-methyl/N-ethyl adjacent to an activating group) is 1. The normalized spacial score (nSPS) is 26.0. The van der Waals surface area contributed by atoms with Gasteiger partial charge in [0, 0.05) is 11.6 Å². The molecule has 0 spiro atoms. The van der Waals surface area contributed by atoms with E-state index in [1.54, 1.807) is 0 Å². The first-order valence-corrected chi connectivity index (χ1v) is 6.58. The summed E-state index contributed by atoms with van der Waals surface area (Å²) in [6.07, 6.45) is 2.97. The number of likely N-dealkylation sites (tertiary alicyclic amines) is 1. The van der Waals surface area contributed by atoms with Crippen molar-refractivity contribution in [3.05, 3.63) is 35.4 Å². The Morgan fingerprint density at radius 1 is 1.33 bits per heavy atom. The van der Waals surface area contributed by atoms with E-state index in [-0.39, 0.29) is 17.9 Å². The van der Waals surface area contributed by atoms with Crippen molar-refractivity contribution in [2.24, 2.45) is 5.73 Å². The SMILES string of the molecule is CCN1CCCCC(N)C1c1cc(F)ccc1F. The van der Waals surface area contributed by atoms with E-state index in [2.05, 4.69) is 4.90 Å². The lowest BCUT2D eigenvalue weighted by molar-refractivity contribution is 0.191. The summed E-state index contributed by atoms with van der Waals surface area (Å²) < 4.78 is 27.3. The Bertz CT molecular complexity index is 409. The minimum atomic E-state index is -0.404. The quantitative estimate of drug-likeness (QED) is 0.879. The summed E-state index contributed by atoms with van der Waals surface area (Å²) >= 11 is 0. The van der Waals surface area contributed by atoms with Crippen molar-refractivity contribution in [2.45, 2.75) is 38.3 Å². The van der Waals surface area contributed by atoms with E-state index >= 15 is 0 Å². The van der Waals surface area contributed by atoms with Crippen LogP contribution in [0.15, 0.2) is 18.2 Å². The predicted octanol–water partition coefficient (Wildman–Crippen LogP) is 2.84. The Labute approximate surface area is 107 Å². The van der Waals surface area contributed by atoms with Gasteiger partial charge in [0.05, 0.1) is 6.04 Å². The average Bonchev–Trinajstić information content (AvgIpc) is 2.54. The molecule has 1 heterocycles. The van der Waals surface area contributed by atoms with E-state index in [9.17, 15) is 8.78 Å². The van der Waals surface area contributed by atoms with Gasteiger partial charge in [-0.3, -0.25) is 4.90 Å². The molecule has 2 nitrogen and oxygen atoms in total. The van der Waals surface area contributed by atoms with Gasteiger partial charge < -0.3 is 5.73 Å². The molecular formula is C14H20F2N2. The largest absolute Gasteiger partial charge is 0.326 e. The minimum Gasteiger partial charge on any atom is -0.326 e. The molecule has 2 unspecified atom stereocenters. The lowest BCUT2D eigenvalue weighted by atomic mass is 9.95. The number of benzene rings is 1. The molecule has 1 aromatic rings. The van der Waals surface area contributed by atoms with Gasteiger partial charge in [0.25, 0.3) is 0 Å². The van der Waals surface area contributed by atoms with E-state index in [0.29, 0.717) is 5.56 Å². The molecule has 1 fully saturated rings. The van der Waals surface area contributed by atoms with Crippen molar-refractivity contribution < 1.29 is 8.78 Å². The second-order valence-corrected chi connectivity index (χ2v) is 4.90. The maximum Gasteiger partial charge on any atom is 0.128 e. The first-order chi connectivity index (χ1) is 8.63. The number of rotatable bonds is 2. The Kier molecular flexibility index (Phi) is 4.30. The molecular weight excluding hydrogens is 234 g/mol. The van der Waals surface area contributed by atoms with Gasteiger partial charge in [-0.15, -0.1) is 0 Å². The summed E-state index contributed by atoms with van der Waals surface area (Å²) in [7, 11) is 0. The fourth-order valence-electron chi connectivity index (χ4n) is 2.79. The predicted molar refractivity (Wildman–Crippen MR) is 68.2 cm³/mol. The molecule has 1 aliphatic heterocycles. The van der Waals surface area contributed by atoms with Crippen molar-refractivity contribution in [1.29, 1.82) is 0 Å². The number of halogens is 2. The number of nitrogens with zero attached hydrogens (tertiary/aromatic N) is 1. The summed E-state index contributed by atoms with van der Waals surface area (Å²) in [5.74, 6) is -0.767. The second-order valence-electron chi connectivity index (χ2n) is 4.90. The van der Waals surface area contributed by atoms with Crippen LogP contribution in [0.25, 0.3) is 0 Å². The smallest absolute Gasteiger partial charge is 0.128 e. The Balaban J connectivity index is 2.39. The summed E-state index contributed by atoms with van der Waals surface area (Å²) in [5, 5.41) is 0. The molecule has 0 radical (unpaired) electrons. The first-order valence-electron chi connectivity index (χ1n) is 6.58. The molecule has 1 saturated heterocycles. The van der Waals surface area contributed by atoms with Crippen molar-refractivity contribution >= 4 is 0 Å². The summed E-state index contributed by atoms with van der Waals surface area (Å²) in [5.41, 5.74) is 6.56. The monoisotopic (exact) mass is 254 g/mol. The van der Waals surface area contributed by atoms with Crippen LogP contribution in [0.1, 0.15) is 37.8 Å². The summed E-state index contributed by atoms with van der Waals surface area (Å²) in [4.78, 5) is 2.15. The summed E-state index contributed by atoms with van der Waals surface area (Å²) in [6, 6.07) is 3.28. The van der Waals surface area contributed by atoms with E-state index in [1.165, 1.54) is 12.1 Å². The first kappa shape index (κ1) is 13.4. The van der Waals surface area contributed by atoms with Crippen molar-refractivity contribution in [3.63, 3.8) is 0 Å². The zero-order valence-electron chi connectivity index (χ0n) is 10.7. The van der Waals surface area contributed by atoms with E-state index in [0.717, 1.165) is 38.4 Å². The zero-order valence-corrected chi connectivity index (χ0v) is 10.7. The fourth-order valence-corrected chi connectivity index (χ4v) is 2.79. The van der Waals surface area contributed by atoms with Gasteiger partial charge in [0.15, 0.2) is 0 Å². The van der Waals surface area contributed by atoms with Crippen LogP contribution < -0.4 is 5.73 Å². The fraction of sp³-hybridized carbons (Fsp3) is 0.571. The highest BCUT2D eigenvalue weighted by Gasteiger charge is 2.30. The van der Waals surface area contributed by atoms with Crippen LogP contribution >= 0.6 is 0 Å². The molecule has 2 atom stereocenters. The summed E-state index contributed by atoms with van der Waals surface area (Å²) in [6.45, 7) is 3.72.